The van der Waals surface area contributed by atoms with Crippen LogP contribution in [0.1, 0.15) is 31.7 Å². The summed E-state index contributed by atoms with van der Waals surface area (Å²) >= 11 is 0. The number of fused-ring (bicyclic) bond motifs is 1. The van der Waals surface area contributed by atoms with Gasteiger partial charge in [0.05, 0.1) is 7.11 Å². The molecule has 0 aliphatic heterocycles. The second-order valence-electron chi connectivity index (χ2n) is 5.74. The Balaban J connectivity index is 1.91. The zero-order valence-electron chi connectivity index (χ0n) is 11.7. The van der Waals surface area contributed by atoms with Gasteiger partial charge in [-0.2, -0.15) is 0 Å². The third-order valence-electron chi connectivity index (χ3n) is 4.36. The highest BCUT2D eigenvalue weighted by Crippen LogP contribution is 2.33. The third kappa shape index (κ3) is 2.33. The van der Waals surface area contributed by atoms with Gasteiger partial charge in [-0.25, -0.2) is 0 Å². The topological polar surface area (TPSA) is 21.3 Å². The molecule has 1 N–H and O–H groups in total. The smallest absolute Gasteiger partial charge is 0.126 e. The Labute approximate surface area is 114 Å². The van der Waals surface area contributed by atoms with Crippen LogP contribution in [0.5, 0.6) is 5.75 Å². The van der Waals surface area contributed by atoms with Gasteiger partial charge in [0.15, 0.2) is 0 Å². The maximum Gasteiger partial charge on any atom is 0.126 e. The van der Waals surface area contributed by atoms with E-state index in [0.29, 0.717) is 5.54 Å². The first kappa shape index (κ1) is 12.5. The van der Waals surface area contributed by atoms with E-state index in [1.54, 1.807) is 7.11 Å². The predicted molar refractivity (Wildman–Crippen MR) is 79.6 cm³/mol. The zero-order valence-corrected chi connectivity index (χ0v) is 11.7. The van der Waals surface area contributed by atoms with Crippen LogP contribution in [0.3, 0.4) is 0 Å². The lowest BCUT2D eigenvalue weighted by Gasteiger charge is -2.39. The molecule has 19 heavy (non-hydrogen) atoms. The van der Waals surface area contributed by atoms with Gasteiger partial charge in [0.2, 0.25) is 0 Å². The van der Waals surface area contributed by atoms with Crippen LogP contribution in [0.2, 0.25) is 0 Å². The van der Waals surface area contributed by atoms with Gasteiger partial charge >= 0.3 is 0 Å². The first-order valence-electron chi connectivity index (χ1n) is 7.01. The largest absolute Gasteiger partial charge is 0.496 e. The Bertz CT molecular complexity index is 587. The molecule has 0 spiro atoms. The van der Waals surface area contributed by atoms with Crippen molar-refractivity contribution in [3.05, 3.63) is 42.0 Å². The minimum Gasteiger partial charge on any atom is -0.496 e. The van der Waals surface area contributed by atoms with E-state index in [0.717, 1.165) is 12.3 Å². The molecule has 2 aromatic carbocycles. The van der Waals surface area contributed by atoms with Crippen molar-refractivity contribution in [1.82, 2.24) is 5.32 Å². The molecule has 0 saturated heterocycles. The number of ether oxygens (including phenoxy) is 1. The van der Waals surface area contributed by atoms with Crippen LogP contribution in [0.4, 0.5) is 0 Å². The highest BCUT2D eigenvalue weighted by Gasteiger charge is 2.30. The van der Waals surface area contributed by atoms with Gasteiger partial charge in [-0.15, -0.1) is 0 Å². The molecule has 3 rings (SSSR count). The molecule has 1 aliphatic carbocycles. The molecule has 1 aliphatic rings. The van der Waals surface area contributed by atoms with E-state index >= 15 is 0 Å². The summed E-state index contributed by atoms with van der Waals surface area (Å²) in [6.45, 7) is 3.25. The lowest BCUT2D eigenvalue weighted by molar-refractivity contribution is 0.207. The number of hydrogen-bond donors (Lipinski definition) is 1. The summed E-state index contributed by atoms with van der Waals surface area (Å²) < 4.78 is 5.44. The van der Waals surface area contributed by atoms with Crippen molar-refractivity contribution in [1.29, 1.82) is 0 Å². The van der Waals surface area contributed by atoms with E-state index < -0.39 is 0 Å². The van der Waals surface area contributed by atoms with Crippen LogP contribution in [-0.4, -0.2) is 12.6 Å². The van der Waals surface area contributed by atoms with Crippen LogP contribution in [-0.2, 0) is 6.54 Å². The molecule has 0 heterocycles. The highest BCUT2D eigenvalue weighted by atomic mass is 16.5. The summed E-state index contributed by atoms with van der Waals surface area (Å²) in [5, 5.41) is 6.19. The van der Waals surface area contributed by atoms with E-state index in [2.05, 4.69) is 48.6 Å². The summed E-state index contributed by atoms with van der Waals surface area (Å²) in [5.74, 6) is 0.953. The quantitative estimate of drug-likeness (QED) is 0.895. The first-order valence-corrected chi connectivity index (χ1v) is 7.01. The van der Waals surface area contributed by atoms with Gasteiger partial charge in [0.1, 0.15) is 5.75 Å². The average molecular weight is 255 g/mol. The molecule has 2 nitrogen and oxygen atoms in total. The fourth-order valence-corrected chi connectivity index (χ4v) is 2.86. The summed E-state index contributed by atoms with van der Waals surface area (Å²) in [7, 11) is 1.73. The van der Waals surface area contributed by atoms with Gasteiger partial charge in [0.25, 0.3) is 0 Å². The summed E-state index contributed by atoms with van der Waals surface area (Å²) in [5.41, 5.74) is 1.70. The van der Waals surface area contributed by atoms with Crippen molar-refractivity contribution in [2.75, 3.05) is 7.11 Å². The number of benzene rings is 2. The molecule has 0 amide bonds. The van der Waals surface area contributed by atoms with Crippen molar-refractivity contribution in [3.63, 3.8) is 0 Å². The predicted octanol–water partition coefficient (Wildman–Crippen LogP) is 3.88. The monoisotopic (exact) mass is 255 g/mol. The molecular weight excluding hydrogens is 234 g/mol. The van der Waals surface area contributed by atoms with Crippen LogP contribution >= 0.6 is 0 Å². The van der Waals surface area contributed by atoms with Crippen LogP contribution < -0.4 is 10.1 Å². The second-order valence-corrected chi connectivity index (χ2v) is 5.74. The Morgan fingerprint density at radius 1 is 1.11 bits per heavy atom. The average Bonchev–Trinajstić information content (AvgIpc) is 2.42. The summed E-state index contributed by atoms with van der Waals surface area (Å²) in [6.07, 6.45) is 3.94. The Morgan fingerprint density at radius 3 is 2.47 bits per heavy atom. The Kier molecular flexibility index (Phi) is 3.19. The maximum absolute atomic E-state index is 5.44. The molecular formula is C17H21NO. The molecule has 0 unspecified atom stereocenters. The molecule has 0 aromatic heterocycles. The number of methoxy groups -OCH3 is 1. The molecule has 2 heteroatoms. The summed E-state index contributed by atoms with van der Waals surface area (Å²) in [4.78, 5) is 0. The first-order chi connectivity index (χ1) is 9.22. The number of hydrogen-bond acceptors (Lipinski definition) is 2. The normalized spacial score (nSPS) is 17.2. The van der Waals surface area contributed by atoms with E-state index in [-0.39, 0.29) is 0 Å². The maximum atomic E-state index is 5.44. The van der Waals surface area contributed by atoms with Crippen molar-refractivity contribution in [3.8, 4) is 5.75 Å². The van der Waals surface area contributed by atoms with E-state index in [1.165, 1.54) is 35.6 Å². The van der Waals surface area contributed by atoms with Crippen LogP contribution in [0.15, 0.2) is 36.4 Å². The Morgan fingerprint density at radius 2 is 1.84 bits per heavy atom. The number of rotatable bonds is 4. The number of nitrogens with one attached hydrogen (secondary N) is 1. The molecule has 1 saturated carbocycles. The van der Waals surface area contributed by atoms with E-state index in [4.69, 9.17) is 4.74 Å². The second kappa shape index (κ2) is 4.86. The molecule has 0 radical (unpaired) electrons. The molecule has 0 bridgehead atoms. The van der Waals surface area contributed by atoms with Crippen molar-refractivity contribution in [2.45, 2.75) is 38.3 Å². The standard InChI is InChI=1S/C17H21NO/c1-17(10-5-11-17)18-12-13-8-9-16(19-2)15-7-4-3-6-14(13)15/h3-4,6-9,18H,5,10-12H2,1-2H3. The fourth-order valence-electron chi connectivity index (χ4n) is 2.86. The van der Waals surface area contributed by atoms with Gasteiger partial charge in [-0.1, -0.05) is 30.3 Å². The van der Waals surface area contributed by atoms with Crippen molar-refractivity contribution >= 4 is 10.8 Å². The van der Waals surface area contributed by atoms with Gasteiger partial charge in [-0.3, -0.25) is 0 Å². The fraction of sp³-hybridized carbons (Fsp3) is 0.412. The Hall–Kier alpha value is -1.54. The minimum atomic E-state index is 0.348. The summed E-state index contributed by atoms with van der Waals surface area (Å²) in [6, 6.07) is 12.7. The van der Waals surface area contributed by atoms with Gasteiger partial charge in [0, 0.05) is 17.5 Å². The van der Waals surface area contributed by atoms with Gasteiger partial charge in [-0.05, 0) is 43.2 Å². The molecule has 100 valence electrons. The lowest BCUT2D eigenvalue weighted by Crippen LogP contribution is -2.47. The van der Waals surface area contributed by atoms with Crippen LogP contribution in [0.25, 0.3) is 10.8 Å². The van der Waals surface area contributed by atoms with E-state index in [1.807, 2.05) is 0 Å². The van der Waals surface area contributed by atoms with E-state index in [9.17, 15) is 0 Å². The van der Waals surface area contributed by atoms with Crippen LogP contribution in [0, 0.1) is 0 Å². The SMILES string of the molecule is COc1ccc(CNC2(C)CCC2)c2ccccc12. The highest BCUT2D eigenvalue weighted by molar-refractivity contribution is 5.91. The molecule has 2 aromatic rings. The minimum absolute atomic E-state index is 0.348. The van der Waals surface area contributed by atoms with Crippen molar-refractivity contribution in [2.24, 2.45) is 0 Å². The molecule has 0 atom stereocenters. The van der Waals surface area contributed by atoms with Crippen molar-refractivity contribution < 1.29 is 4.74 Å². The molecule has 1 fully saturated rings. The lowest BCUT2D eigenvalue weighted by atomic mass is 9.78. The van der Waals surface area contributed by atoms with Gasteiger partial charge < -0.3 is 10.1 Å². The third-order valence-corrected chi connectivity index (χ3v) is 4.36. The zero-order chi connectivity index (χ0) is 13.3.